The Balaban J connectivity index is 1.62. The zero-order valence-corrected chi connectivity index (χ0v) is 17.0. The average Bonchev–Trinajstić information content (AvgIpc) is 2.73. The van der Waals surface area contributed by atoms with E-state index in [-0.39, 0.29) is 11.8 Å². The summed E-state index contributed by atoms with van der Waals surface area (Å²) in [6.45, 7) is 1.78. The van der Waals surface area contributed by atoms with Crippen LogP contribution in [0.1, 0.15) is 33.2 Å². The molecule has 0 aliphatic heterocycles. The maximum absolute atomic E-state index is 12.3. The van der Waals surface area contributed by atoms with Crippen LogP contribution < -0.4 is 10.7 Å². The summed E-state index contributed by atoms with van der Waals surface area (Å²) in [6.07, 6.45) is 0. The van der Waals surface area contributed by atoms with Crippen LogP contribution in [0.5, 0.6) is 0 Å². The third kappa shape index (κ3) is 5.67. The van der Waals surface area contributed by atoms with Crippen molar-refractivity contribution in [1.82, 2.24) is 5.43 Å². The number of nitrogens with zero attached hydrogens (tertiary/aromatic N) is 1. The molecule has 0 radical (unpaired) electrons. The molecule has 29 heavy (non-hydrogen) atoms. The van der Waals surface area contributed by atoms with Gasteiger partial charge in [-0.15, -0.1) is 0 Å². The molecular formula is C22H17Cl2N3O2. The number of amides is 2. The molecule has 0 bridgehead atoms. The van der Waals surface area contributed by atoms with Gasteiger partial charge in [0.25, 0.3) is 11.8 Å². The van der Waals surface area contributed by atoms with Gasteiger partial charge < -0.3 is 5.32 Å². The van der Waals surface area contributed by atoms with Crippen LogP contribution in [0, 0.1) is 0 Å². The first-order valence-corrected chi connectivity index (χ1v) is 9.45. The standard InChI is InChI=1S/C22H17Cl2N3O2/c1-14(26-27-22(29)16-5-9-18(23)10-6-16)15-7-11-20(12-8-15)25-21(28)17-3-2-4-19(24)13-17/h2-13H,1H3,(H,25,28)(H,27,29)/b26-14+. The van der Waals surface area contributed by atoms with E-state index in [0.717, 1.165) is 5.56 Å². The highest BCUT2D eigenvalue weighted by molar-refractivity contribution is 6.31. The van der Waals surface area contributed by atoms with Crippen LogP contribution in [-0.4, -0.2) is 17.5 Å². The van der Waals surface area contributed by atoms with Gasteiger partial charge in [-0.1, -0.05) is 41.4 Å². The molecule has 0 atom stereocenters. The third-order valence-corrected chi connectivity index (χ3v) is 4.57. The van der Waals surface area contributed by atoms with E-state index in [4.69, 9.17) is 23.2 Å². The van der Waals surface area contributed by atoms with Gasteiger partial charge in [-0.25, -0.2) is 5.43 Å². The number of hydrogen-bond acceptors (Lipinski definition) is 3. The van der Waals surface area contributed by atoms with Crippen LogP contribution in [-0.2, 0) is 0 Å². The largest absolute Gasteiger partial charge is 0.322 e. The van der Waals surface area contributed by atoms with E-state index in [9.17, 15) is 9.59 Å². The van der Waals surface area contributed by atoms with Crippen molar-refractivity contribution in [2.75, 3.05) is 5.32 Å². The summed E-state index contributed by atoms with van der Waals surface area (Å²) in [5, 5.41) is 7.99. The van der Waals surface area contributed by atoms with Crippen molar-refractivity contribution < 1.29 is 9.59 Å². The second-order valence-corrected chi connectivity index (χ2v) is 7.06. The smallest absolute Gasteiger partial charge is 0.271 e. The van der Waals surface area contributed by atoms with Gasteiger partial charge in [0.15, 0.2) is 0 Å². The van der Waals surface area contributed by atoms with E-state index in [0.29, 0.717) is 32.6 Å². The van der Waals surface area contributed by atoms with Gasteiger partial charge in [0, 0.05) is 26.9 Å². The van der Waals surface area contributed by atoms with E-state index in [1.165, 1.54) is 0 Å². The number of anilines is 1. The summed E-state index contributed by atoms with van der Waals surface area (Å²) >= 11 is 11.7. The molecule has 0 unspecified atom stereocenters. The monoisotopic (exact) mass is 425 g/mol. The SMILES string of the molecule is C/C(=N\NC(=O)c1ccc(Cl)cc1)c1ccc(NC(=O)c2cccc(Cl)c2)cc1. The maximum Gasteiger partial charge on any atom is 0.271 e. The zero-order chi connectivity index (χ0) is 20.8. The average molecular weight is 426 g/mol. The van der Waals surface area contributed by atoms with Crippen LogP contribution in [0.2, 0.25) is 10.0 Å². The Morgan fingerprint density at radius 3 is 2.07 bits per heavy atom. The highest BCUT2D eigenvalue weighted by Gasteiger charge is 2.08. The van der Waals surface area contributed by atoms with Crippen LogP contribution in [0.3, 0.4) is 0 Å². The lowest BCUT2D eigenvalue weighted by molar-refractivity contribution is 0.0954. The lowest BCUT2D eigenvalue weighted by Gasteiger charge is -2.07. The number of carbonyl (C=O) groups is 2. The van der Waals surface area contributed by atoms with E-state index in [1.54, 1.807) is 79.7 Å². The predicted octanol–water partition coefficient (Wildman–Crippen LogP) is 5.40. The maximum atomic E-state index is 12.3. The molecular weight excluding hydrogens is 409 g/mol. The van der Waals surface area contributed by atoms with Gasteiger partial charge in [0.05, 0.1) is 5.71 Å². The molecule has 0 aliphatic rings. The molecule has 146 valence electrons. The molecule has 7 heteroatoms. The van der Waals surface area contributed by atoms with Gasteiger partial charge in [-0.2, -0.15) is 5.10 Å². The molecule has 3 rings (SSSR count). The Morgan fingerprint density at radius 2 is 1.41 bits per heavy atom. The van der Waals surface area contributed by atoms with E-state index in [1.807, 2.05) is 0 Å². The minimum atomic E-state index is -0.327. The van der Waals surface area contributed by atoms with Crippen molar-refractivity contribution in [1.29, 1.82) is 0 Å². The fraction of sp³-hybridized carbons (Fsp3) is 0.0455. The van der Waals surface area contributed by atoms with Crippen molar-refractivity contribution in [3.63, 3.8) is 0 Å². The lowest BCUT2D eigenvalue weighted by atomic mass is 10.1. The summed E-state index contributed by atoms with van der Waals surface area (Å²) in [7, 11) is 0. The van der Waals surface area contributed by atoms with Crippen LogP contribution in [0.25, 0.3) is 0 Å². The Bertz CT molecular complexity index is 1060. The second kappa shape index (κ2) is 9.37. The van der Waals surface area contributed by atoms with E-state index < -0.39 is 0 Å². The first-order chi connectivity index (χ1) is 13.9. The highest BCUT2D eigenvalue weighted by atomic mass is 35.5. The summed E-state index contributed by atoms with van der Waals surface area (Å²) in [4.78, 5) is 24.4. The highest BCUT2D eigenvalue weighted by Crippen LogP contribution is 2.15. The van der Waals surface area contributed by atoms with Gasteiger partial charge in [-0.05, 0) is 67.1 Å². The van der Waals surface area contributed by atoms with Crippen LogP contribution in [0.4, 0.5) is 5.69 Å². The van der Waals surface area contributed by atoms with Gasteiger partial charge >= 0.3 is 0 Å². The molecule has 0 fully saturated rings. The molecule has 0 saturated carbocycles. The minimum absolute atomic E-state index is 0.249. The zero-order valence-electron chi connectivity index (χ0n) is 15.4. The third-order valence-electron chi connectivity index (χ3n) is 4.08. The summed E-state index contributed by atoms with van der Waals surface area (Å²) in [5.74, 6) is -0.577. The molecule has 2 amide bonds. The van der Waals surface area contributed by atoms with Crippen molar-refractivity contribution >= 4 is 46.4 Å². The predicted molar refractivity (Wildman–Crippen MR) is 117 cm³/mol. The fourth-order valence-electron chi connectivity index (χ4n) is 2.49. The topological polar surface area (TPSA) is 70.6 Å². The first kappa shape index (κ1) is 20.6. The van der Waals surface area contributed by atoms with Crippen molar-refractivity contribution in [3.05, 3.63) is 99.5 Å². The van der Waals surface area contributed by atoms with Gasteiger partial charge in [-0.3, -0.25) is 9.59 Å². The van der Waals surface area contributed by atoms with Gasteiger partial charge in [0.2, 0.25) is 0 Å². The summed E-state index contributed by atoms with van der Waals surface area (Å²) < 4.78 is 0. The van der Waals surface area contributed by atoms with Gasteiger partial charge in [0.1, 0.15) is 0 Å². The number of hydrogen-bond donors (Lipinski definition) is 2. The molecule has 5 nitrogen and oxygen atoms in total. The molecule has 3 aromatic rings. The Kier molecular flexibility index (Phi) is 6.65. The van der Waals surface area contributed by atoms with E-state index in [2.05, 4.69) is 15.8 Å². The Hall–Kier alpha value is -3.15. The molecule has 2 N–H and O–H groups in total. The van der Waals surface area contributed by atoms with Crippen molar-refractivity contribution in [2.24, 2.45) is 5.10 Å². The summed E-state index contributed by atoms with van der Waals surface area (Å²) in [5.41, 5.74) is 5.52. The normalized spacial score (nSPS) is 11.1. The number of carbonyl (C=O) groups excluding carboxylic acids is 2. The molecule has 0 aliphatic carbocycles. The number of hydrazone groups is 1. The van der Waals surface area contributed by atoms with Crippen LogP contribution >= 0.6 is 23.2 Å². The van der Waals surface area contributed by atoms with Crippen molar-refractivity contribution in [3.8, 4) is 0 Å². The molecule has 0 saturated heterocycles. The van der Waals surface area contributed by atoms with Crippen molar-refractivity contribution in [2.45, 2.75) is 6.92 Å². The Morgan fingerprint density at radius 1 is 0.759 bits per heavy atom. The number of halogens is 2. The summed E-state index contributed by atoms with van der Waals surface area (Å²) in [6, 6.07) is 20.4. The molecule has 0 aromatic heterocycles. The quantitative estimate of drug-likeness (QED) is 0.424. The molecule has 0 spiro atoms. The lowest BCUT2D eigenvalue weighted by Crippen LogP contribution is -2.19. The Labute approximate surface area is 178 Å². The van der Waals surface area contributed by atoms with E-state index >= 15 is 0 Å². The molecule has 3 aromatic carbocycles. The second-order valence-electron chi connectivity index (χ2n) is 6.19. The number of benzene rings is 3. The first-order valence-electron chi connectivity index (χ1n) is 8.70. The number of rotatable bonds is 5. The molecule has 0 heterocycles. The number of nitrogens with one attached hydrogen (secondary N) is 2. The fourth-order valence-corrected chi connectivity index (χ4v) is 2.81. The van der Waals surface area contributed by atoms with Crippen LogP contribution in [0.15, 0.2) is 77.9 Å². The minimum Gasteiger partial charge on any atom is -0.322 e.